The van der Waals surface area contributed by atoms with E-state index in [-0.39, 0.29) is 22.6 Å². The molecule has 4 aromatic rings. The number of ether oxygens (including phenoxy) is 1. The normalized spacial score (nSPS) is 19.7. The van der Waals surface area contributed by atoms with Gasteiger partial charge in [0.05, 0.1) is 10.4 Å². The van der Waals surface area contributed by atoms with E-state index < -0.39 is 9.84 Å². The molecule has 0 spiro atoms. The molecule has 0 aliphatic heterocycles. The average molecular weight is 455 g/mol. The monoisotopic (exact) mass is 454 g/mol. The van der Waals surface area contributed by atoms with Gasteiger partial charge in [-0.25, -0.2) is 18.4 Å². The Balaban J connectivity index is 1.72. The van der Waals surface area contributed by atoms with E-state index in [9.17, 15) is 13.5 Å². The van der Waals surface area contributed by atoms with Gasteiger partial charge in [-0.05, 0) is 49.8 Å². The maximum absolute atomic E-state index is 13.5. The van der Waals surface area contributed by atoms with Crippen LogP contribution >= 0.6 is 0 Å². The number of aromatic amines is 1. The van der Waals surface area contributed by atoms with Gasteiger partial charge in [-0.2, -0.15) is 0 Å². The summed E-state index contributed by atoms with van der Waals surface area (Å²) in [5, 5.41) is 10.9. The molecule has 3 aromatic heterocycles. The van der Waals surface area contributed by atoms with Gasteiger partial charge in [-0.3, -0.25) is 0 Å². The maximum atomic E-state index is 13.5. The summed E-state index contributed by atoms with van der Waals surface area (Å²) in [5.74, 6) is 0.988. The molecule has 32 heavy (non-hydrogen) atoms. The number of imidazole rings is 1. The molecule has 0 unspecified atom stereocenters. The van der Waals surface area contributed by atoms with Gasteiger partial charge in [0.25, 0.3) is 0 Å². The fraction of sp³-hybridized carbons (Fsp3) is 0.391. The van der Waals surface area contributed by atoms with Crippen molar-refractivity contribution in [1.29, 1.82) is 0 Å². The van der Waals surface area contributed by atoms with Crippen LogP contribution in [0, 0.1) is 5.92 Å². The number of aromatic nitrogens is 4. The summed E-state index contributed by atoms with van der Waals surface area (Å²) in [7, 11) is -2.17. The first-order valence-electron chi connectivity index (χ1n) is 10.8. The minimum absolute atomic E-state index is 0.0878. The van der Waals surface area contributed by atoms with E-state index in [4.69, 9.17) is 4.74 Å². The maximum Gasteiger partial charge on any atom is 0.226 e. The highest BCUT2D eigenvalue weighted by Gasteiger charge is 2.31. The van der Waals surface area contributed by atoms with Crippen molar-refractivity contribution < 1.29 is 18.3 Å². The summed E-state index contributed by atoms with van der Waals surface area (Å²) in [6.07, 6.45) is 5.61. The van der Waals surface area contributed by atoms with Crippen molar-refractivity contribution >= 4 is 31.9 Å². The first-order chi connectivity index (χ1) is 15.5. The zero-order valence-corrected chi connectivity index (χ0v) is 18.7. The summed E-state index contributed by atoms with van der Waals surface area (Å²) in [6, 6.07) is 10.3. The molecule has 0 atom stereocenters. The highest BCUT2D eigenvalue weighted by molar-refractivity contribution is 7.91. The number of pyridine rings is 1. The number of rotatable bonds is 6. The summed E-state index contributed by atoms with van der Waals surface area (Å²) in [5.41, 5.74) is 1.51. The Kier molecular flexibility index (Phi) is 5.48. The van der Waals surface area contributed by atoms with Gasteiger partial charge in [-0.1, -0.05) is 18.2 Å². The molecule has 8 nitrogen and oxygen atoms in total. The fourth-order valence-electron chi connectivity index (χ4n) is 4.89. The molecule has 1 aliphatic carbocycles. The first-order valence-corrected chi connectivity index (χ1v) is 12.3. The number of aliphatic hydroxyl groups excluding tert-OH is 1. The molecule has 1 saturated carbocycles. The summed E-state index contributed by atoms with van der Waals surface area (Å²) in [4.78, 5) is 12.3. The summed E-state index contributed by atoms with van der Waals surface area (Å²) >= 11 is 0. The number of H-pyrrole nitrogens is 1. The van der Waals surface area contributed by atoms with Gasteiger partial charge in [-0.15, -0.1) is 0 Å². The van der Waals surface area contributed by atoms with Crippen LogP contribution in [0.5, 0.6) is 0 Å². The lowest BCUT2D eigenvalue weighted by molar-refractivity contribution is 0.119. The van der Waals surface area contributed by atoms with Crippen molar-refractivity contribution in [3.05, 3.63) is 48.4 Å². The number of sulfone groups is 1. The Bertz CT molecular complexity index is 1350. The number of hydrogen-bond donors (Lipinski definition) is 2. The van der Waals surface area contributed by atoms with E-state index in [2.05, 4.69) is 15.0 Å². The third-order valence-corrected chi connectivity index (χ3v) is 8.10. The van der Waals surface area contributed by atoms with Gasteiger partial charge in [0, 0.05) is 31.3 Å². The molecule has 0 radical (unpaired) electrons. The van der Waals surface area contributed by atoms with Crippen molar-refractivity contribution in [2.75, 3.05) is 13.7 Å². The smallest absolute Gasteiger partial charge is 0.226 e. The second-order valence-electron chi connectivity index (χ2n) is 8.36. The minimum Gasteiger partial charge on any atom is -0.388 e. The zero-order chi connectivity index (χ0) is 22.3. The average Bonchev–Trinajstić information content (AvgIpc) is 3.44. The number of hydrogen-bond acceptors (Lipinski definition) is 6. The number of nitrogens with zero attached hydrogens (tertiary/aromatic N) is 3. The van der Waals surface area contributed by atoms with Gasteiger partial charge < -0.3 is 19.4 Å². The molecule has 3 heterocycles. The van der Waals surface area contributed by atoms with E-state index >= 15 is 0 Å². The van der Waals surface area contributed by atoms with Gasteiger partial charge in [0.2, 0.25) is 9.84 Å². The molecular weight excluding hydrogens is 428 g/mol. The predicted octanol–water partition coefficient (Wildman–Crippen LogP) is 3.62. The minimum atomic E-state index is -3.90. The first kappa shape index (κ1) is 21.1. The quantitative estimate of drug-likeness (QED) is 0.460. The summed E-state index contributed by atoms with van der Waals surface area (Å²) < 4.78 is 34.4. The highest BCUT2D eigenvalue weighted by atomic mass is 32.2. The number of methoxy groups -OCH3 is 1. The SMILES string of the molecule is COCC1CCC(n2c(CO)nc3c(S(=O)(=O)c4ccccc4)nc4[nH]ccc4c32)CC1. The largest absolute Gasteiger partial charge is 0.388 e. The van der Waals surface area contributed by atoms with Crippen LogP contribution in [0.3, 0.4) is 0 Å². The Morgan fingerprint density at radius 2 is 1.88 bits per heavy atom. The molecule has 0 bridgehead atoms. The van der Waals surface area contributed by atoms with Crippen LogP contribution < -0.4 is 0 Å². The van der Waals surface area contributed by atoms with Crippen LogP contribution in [0.25, 0.3) is 22.1 Å². The summed E-state index contributed by atoms with van der Waals surface area (Å²) in [6.45, 7) is 0.471. The lowest BCUT2D eigenvalue weighted by Crippen LogP contribution is -2.22. The molecule has 1 fully saturated rings. The molecule has 1 aromatic carbocycles. The lowest BCUT2D eigenvalue weighted by atomic mass is 9.86. The third kappa shape index (κ3) is 3.41. The van der Waals surface area contributed by atoms with Crippen LogP contribution in [0.2, 0.25) is 0 Å². The molecule has 5 rings (SSSR count). The number of aliphatic hydroxyl groups is 1. The van der Waals surface area contributed by atoms with E-state index in [0.717, 1.165) is 37.7 Å². The van der Waals surface area contributed by atoms with Crippen LogP contribution in [-0.4, -0.2) is 46.8 Å². The molecule has 2 N–H and O–H groups in total. The van der Waals surface area contributed by atoms with E-state index in [0.29, 0.717) is 28.4 Å². The standard InChI is InChI=1S/C23H26N4O4S/c1-31-14-15-7-9-16(10-8-15)27-19(13-28)25-20-21(27)18-11-12-24-22(18)26-23(20)32(29,30)17-5-3-2-4-6-17/h2-6,11-12,15-16,28H,7-10,13-14H2,1H3,(H,24,26). The lowest BCUT2D eigenvalue weighted by Gasteiger charge is -2.30. The predicted molar refractivity (Wildman–Crippen MR) is 120 cm³/mol. The van der Waals surface area contributed by atoms with Crippen molar-refractivity contribution in [3.63, 3.8) is 0 Å². The Morgan fingerprint density at radius 3 is 2.56 bits per heavy atom. The van der Waals surface area contributed by atoms with E-state index in [1.54, 1.807) is 43.6 Å². The number of nitrogens with one attached hydrogen (secondary N) is 1. The topological polar surface area (TPSA) is 110 Å². The van der Waals surface area contributed by atoms with Crippen molar-refractivity contribution in [2.45, 2.75) is 48.3 Å². The van der Waals surface area contributed by atoms with Gasteiger partial charge in [0.1, 0.15) is 23.6 Å². The molecular formula is C23H26N4O4S. The molecule has 0 amide bonds. The second-order valence-corrected chi connectivity index (χ2v) is 10.2. The second kappa shape index (κ2) is 8.31. The van der Waals surface area contributed by atoms with Crippen molar-refractivity contribution in [3.8, 4) is 0 Å². The Labute approximate surface area is 186 Å². The third-order valence-electron chi connectivity index (χ3n) is 6.41. The fourth-order valence-corrected chi connectivity index (χ4v) is 6.24. The number of benzene rings is 1. The van der Waals surface area contributed by atoms with Crippen molar-refractivity contribution in [1.82, 2.24) is 19.5 Å². The Morgan fingerprint density at radius 1 is 1.12 bits per heavy atom. The zero-order valence-electron chi connectivity index (χ0n) is 17.9. The van der Waals surface area contributed by atoms with E-state index in [1.807, 2.05) is 10.6 Å². The molecule has 168 valence electrons. The van der Waals surface area contributed by atoms with E-state index in [1.165, 1.54) is 0 Å². The van der Waals surface area contributed by atoms with Crippen LogP contribution in [-0.2, 0) is 21.2 Å². The van der Waals surface area contributed by atoms with Crippen LogP contribution in [0.15, 0.2) is 52.5 Å². The van der Waals surface area contributed by atoms with Gasteiger partial charge in [0.15, 0.2) is 5.03 Å². The van der Waals surface area contributed by atoms with Crippen LogP contribution in [0.4, 0.5) is 0 Å². The number of fused-ring (bicyclic) bond motifs is 3. The Hall–Kier alpha value is -2.75. The molecule has 9 heteroatoms. The van der Waals surface area contributed by atoms with Crippen molar-refractivity contribution in [2.24, 2.45) is 5.92 Å². The van der Waals surface area contributed by atoms with Gasteiger partial charge >= 0.3 is 0 Å². The highest BCUT2D eigenvalue weighted by Crippen LogP contribution is 2.39. The van der Waals surface area contributed by atoms with Crippen LogP contribution in [0.1, 0.15) is 37.5 Å². The molecule has 0 saturated heterocycles. The molecule has 1 aliphatic rings.